The summed E-state index contributed by atoms with van der Waals surface area (Å²) in [5, 5.41) is 4.97. The van der Waals surface area contributed by atoms with Gasteiger partial charge < -0.3 is 21.1 Å². The summed E-state index contributed by atoms with van der Waals surface area (Å²) in [6, 6.07) is 15.9. The van der Waals surface area contributed by atoms with Crippen LogP contribution in [-0.2, 0) is 31.0 Å². The summed E-state index contributed by atoms with van der Waals surface area (Å²) in [7, 11) is -3.66. The summed E-state index contributed by atoms with van der Waals surface area (Å²) in [6.07, 6.45) is -0.303. The van der Waals surface area contributed by atoms with E-state index in [0.717, 1.165) is 5.56 Å². The van der Waals surface area contributed by atoms with Crippen molar-refractivity contribution in [2.45, 2.75) is 43.7 Å². The minimum absolute atomic E-state index is 0.000729. The zero-order valence-electron chi connectivity index (χ0n) is 19.7. The molecule has 11 heteroatoms. The van der Waals surface area contributed by atoms with Crippen LogP contribution in [0.5, 0.6) is 0 Å². The number of sulfonamides is 1. The first kappa shape index (κ1) is 27.8. The second kappa shape index (κ2) is 14.1. The maximum absolute atomic E-state index is 12.9. The fraction of sp³-hybridized carbons (Fsp3) is 0.375. The van der Waals surface area contributed by atoms with E-state index in [-0.39, 0.29) is 24.6 Å². The van der Waals surface area contributed by atoms with Crippen LogP contribution in [0, 0.1) is 0 Å². The molecular weight excluding hydrogens is 472 g/mol. The van der Waals surface area contributed by atoms with Crippen LogP contribution in [0.2, 0.25) is 0 Å². The van der Waals surface area contributed by atoms with Crippen LogP contribution in [0.15, 0.2) is 65.6 Å². The minimum atomic E-state index is -3.66. The molecule has 0 aromatic heterocycles. The van der Waals surface area contributed by atoms with Gasteiger partial charge in [0.1, 0.15) is 12.6 Å². The Labute approximate surface area is 205 Å². The van der Waals surface area contributed by atoms with Gasteiger partial charge in [-0.15, -0.1) is 0 Å². The first-order valence-corrected chi connectivity index (χ1v) is 12.8. The molecular formula is C24H32N4O6S. The third-order valence-electron chi connectivity index (χ3n) is 4.96. The number of primary amides is 1. The smallest absolute Gasteiger partial charge is 0.408 e. The van der Waals surface area contributed by atoms with Crippen molar-refractivity contribution in [2.24, 2.45) is 5.73 Å². The number of ether oxygens (including phenoxy) is 1. The standard InChI is InChI=1S/C24H32N4O6S/c1-2-15-28(35(32,33)20-12-7-4-8-13-20)16-9-14-26-23(30)21(17-22(25)29)27-24(31)34-18-19-10-5-3-6-11-19/h3-8,10-13,21H,2,9,14-18H2,1H3,(H2,25,29)(H,26,30)(H,27,31)/t21-/m0/s1. The number of hydrogen-bond acceptors (Lipinski definition) is 6. The van der Waals surface area contributed by atoms with E-state index in [1.165, 1.54) is 16.4 Å². The minimum Gasteiger partial charge on any atom is -0.445 e. The van der Waals surface area contributed by atoms with Crippen LogP contribution >= 0.6 is 0 Å². The van der Waals surface area contributed by atoms with Crippen molar-refractivity contribution in [3.05, 3.63) is 66.2 Å². The van der Waals surface area contributed by atoms with Gasteiger partial charge in [-0.25, -0.2) is 13.2 Å². The van der Waals surface area contributed by atoms with E-state index in [0.29, 0.717) is 19.4 Å². The van der Waals surface area contributed by atoms with Crippen molar-refractivity contribution in [1.82, 2.24) is 14.9 Å². The predicted octanol–water partition coefficient (Wildman–Crippen LogP) is 1.76. The topological polar surface area (TPSA) is 148 Å². The Morgan fingerprint density at radius 2 is 1.63 bits per heavy atom. The SMILES string of the molecule is CCCN(CCCNC(=O)[C@H](CC(N)=O)NC(=O)OCc1ccccc1)S(=O)(=O)c1ccccc1. The van der Waals surface area contributed by atoms with E-state index in [2.05, 4.69) is 10.6 Å². The summed E-state index contributed by atoms with van der Waals surface area (Å²) in [5.41, 5.74) is 5.98. The third-order valence-corrected chi connectivity index (χ3v) is 6.88. The number of carbonyl (C=O) groups excluding carboxylic acids is 3. The van der Waals surface area contributed by atoms with Crippen LogP contribution in [0.1, 0.15) is 31.7 Å². The molecule has 0 fully saturated rings. The van der Waals surface area contributed by atoms with Crippen LogP contribution < -0.4 is 16.4 Å². The summed E-state index contributed by atoms with van der Waals surface area (Å²) in [6.45, 7) is 2.55. The third kappa shape index (κ3) is 9.38. The van der Waals surface area contributed by atoms with Gasteiger partial charge in [0.15, 0.2) is 0 Å². The van der Waals surface area contributed by atoms with Crippen LogP contribution in [0.3, 0.4) is 0 Å². The quantitative estimate of drug-likeness (QED) is 0.334. The molecule has 0 spiro atoms. The molecule has 10 nitrogen and oxygen atoms in total. The number of nitrogens with one attached hydrogen (secondary N) is 2. The zero-order valence-corrected chi connectivity index (χ0v) is 20.5. The van der Waals surface area contributed by atoms with Gasteiger partial charge in [-0.3, -0.25) is 9.59 Å². The van der Waals surface area contributed by atoms with Gasteiger partial charge in [0.25, 0.3) is 0 Å². The van der Waals surface area contributed by atoms with E-state index in [4.69, 9.17) is 10.5 Å². The molecule has 2 aromatic carbocycles. The highest BCUT2D eigenvalue weighted by atomic mass is 32.2. The van der Waals surface area contributed by atoms with Crippen molar-refractivity contribution in [3.63, 3.8) is 0 Å². The Morgan fingerprint density at radius 3 is 2.23 bits per heavy atom. The number of amides is 3. The first-order chi connectivity index (χ1) is 16.7. The van der Waals surface area contributed by atoms with Gasteiger partial charge >= 0.3 is 6.09 Å². The van der Waals surface area contributed by atoms with Gasteiger partial charge in [-0.05, 0) is 30.5 Å². The highest BCUT2D eigenvalue weighted by molar-refractivity contribution is 7.89. The van der Waals surface area contributed by atoms with Gasteiger partial charge in [0.2, 0.25) is 21.8 Å². The molecule has 0 radical (unpaired) electrons. The lowest BCUT2D eigenvalue weighted by Gasteiger charge is -2.22. The van der Waals surface area contributed by atoms with Gasteiger partial charge in [0.05, 0.1) is 11.3 Å². The van der Waals surface area contributed by atoms with E-state index < -0.39 is 40.4 Å². The second-order valence-electron chi connectivity index (χ2n) is 7.79. The maximum Gasteiger partial charge on any atom is 0.408 e. The molecule has 0 heterocycles. The van der Waals surface area contributed by atoms with Crippen molar-refractivity contribution in [1.29, 1.82) is 0 Å². The number of benzene rings is 2. The molecule has 0 aliphatic heterocycles. The van der Waals surface area contributed by atoms with Crippen LogP contribution in [0.4, 0.5) is 4.79 Å². The Morgan fingerprint density at radius 1 is 1.00 bits per heavy atom. The lowest BCUT2D eigenvalue weighted by atomic mass is 10.2. The molecule has 0 saturated carbocycles. The fourth-order valence-electron chi connectivity index (χ4n) is 3.25. The van der Waals surface area contributed by atoms with E-state index in [9.17, 15) is 22.8 Å². The Kier molecular flexibility index (Phi) is 11.2. The number of carbonyl (C=O) groups is 3. The normalized spacial score (nSPS) is 12.1. The van der Waals surface area contributed by atoms with E-state index in [1.54, 1.807) is 42.5 Å². The first-order valence-electron chi connectivity index (χ1n) is 11.3. The van der Waals surface area contributed by atoms with E-state index >= 15 is 0 Å². The average Bonchev–Trinajstić information content (AvgIpc) is 2.85. The predicted molar refractivity (Wildman–Crippen MR) is 130 cm³/mol. The molecule has 35 heavy (non-hydrogen) atoms. The molecule has 4 N–H and O–H groups in total. The molecule has 0 aliphatic carbocycles. The number of alkyl carbamates (subject to hydrolysis) is 1. The monoisotopic (exact) mass is 504 g/mol. The van der Waals surface area contributed by atoms with Crippen molar-refractivity contribution in [2.75, 3.05) is 19.6 Å². The summed E-state index contributed by atoms with van der Waals surface area (Å²) in [4.78, 5) is 36.3. The summed E-state index contributed by atoms with van der Waals surface area (Å²) >= 11 is 0. The fourth-order valence-corrected chi connectivity index (χ4v) is 4.84. The number of rotatable bonds is 14. The van der Waals surface area contributed by atoms with E-state index in [1.807, 2.05) is 13.0 Å². The average molecular weight is 505 g/mol. The molecule has 3 amide bonds. The highest BCUT2D eigenvalue weighted by Gasteiger charge is 2.25. The Bertz CT molecular complexity index is 1060. The highest BCUT2D eigenvalue weighted by Crippen LogP contribution is 2.15. The molecule has 1 atom stereocenters. The molecule has 2 rings (SSSR count). The van der Waals surface area contributed by atoms with Gasteiger partial charge in [-0.1, -0.05) is 55.5 Å². The molecule has 0 unspecified atom stereocenters. The van der Waals surface area contributed by atoms with Crippen molar-refractivity contribution in [3.8, 4) is 0 Å². The Hall–Kier alpha value is -3.44. The lowest BCUT2D eigenvalue weighted by molar-refractivity contribution is -0.127. The molecule has 2 aromatic rings. The van der Waals surface area contributed by atoms with Crippen molar-refractivity contribution < 1.29 is 27.5 Å². The lowest BCUT2D eigenvalue weighted by Crippen LogP contribution is -2.49. The molecule has 190 valence electrons. The van der Waals surface area contributed by atoms with Crippen LogP contribution in [0.25, 0.3) is 0 Å². The number of nitrogens with two attached hydrogens (primary N) is 1. The van der Waals surface area contributed by atoms with Gasteiger partial charge in [0, 0.05) is 19.6 Å². The largest absolute Gasteiger partial charge is 0.445 e. The molecule has 0 saturated heterocycles. The van der Waals surface area contributed by atoms with Crippen LogP contribution in [-0.4, -0.2) is 56.3 Å². The molecule has 0 bridgehead atoms. The molecule has 0 aliphatic rings. The Balaban J connectivity index is 1.88. The maximum atomic E-state index is 12.9. The summed E-state index contributed by atoms with van der Waals surface area (Å²) in [5.74, 6) is -1.38. The number of nitrogens with zero attached hydrogens (tertiary/aromatic N) is 1. The zero-order chi connectivity index (χ0) is 25.7. The summed E-state index contributed by atoms with van der Waals surface area (Å²) < 4.78 is 32.2. The van der Waals surface area contributed by atoms with Crippen molar-refractivity contribution >= 4 is 27.9 Å². The second-order valence-corrected chi connectivity index (χ2v) is 9.73. The number of hydrogen-bond donors (Lipinski definition) is 3. The van der Waals surface area contributed by atoms with Gasteiger partial charge in [-0.2, -0.15) is 4.31 Å².